The van der Waals surface area contributed by atoms with Crippen molar-refractivity contribution in [1.82, 2.24) is 0 Å². The zero-order valence-electron chi connectivity index (χ0n) is 12.0. The molecule has 1 saturated heterocycles. The van der Waals surface area contributed by atoms with Crippen LogP contribution in [0.15, 0.2) is 12.2 Å². The molecule has 0 radical (unpaired) electrons. The number of hydrogen-bond acceptors (Lipinski definition) is 4. The van der Waals surface area contributed by atoms with Crippen LogP contribution in [0.25, 0.3) is 0 Å². The summed E-state index contributed by atoms with van der Waals surface area (Å²) in [7, 11) is 0. The summed E-state index contributed by atoms with van der Waals surface area (Å²) in [5.41, 5.74) is 0. The van der Waals surface area contributed by atoms with Crippen LogP contribution in [0.5, 0.6) is 0 Å². The molecule has 1 aliphatic carbocycles. The van der Waals surface area contributed by atoms with Crippen molar-refractivity contribution in [2.24, 2.45) is 17.8 Å². The first-order valence-corrected chi connectivity index (χ1v) is 7.16. The minimum Gasteiger partial charge on any atom is -0.462 e. The molecule has 0 bridgehead atoms. The SMILES string of the molecule is CC#CCC(C)[C@H](O)/C=C/[C@@H]1[C@H]2CC(=O)O[C@H]2C[C@H]1O. The van der Waals surface area contributed by atoms with E-state index in [0.29, 0.717) is 19.3 Å². The lowest BCUT2D eigenvalue weighted by molar-refractivity contribution is -0.141. The minimum atomic E-state index is -0.583. The Bertz CT molecular complexity index is 445. The predicted octanol–water partition coefficient (Wildman–Crippen LogP) is 1.27. The lowest BCUT2D eigenvalue weighted by Crippen LogP contribution is -2.20. The molecular formula is C16H22O4. The molecule has 0 aromatic heterocycles. The Morgan fingerprint density at radius 3 is 3.00 bits per heavy atom. The first-order chi connectivity index (χ1) is 9.52. The molecule has 0 aromatic carbocycles. The maximum atomic E-state index is 11.3. The highest BCUT2D eigenvalue weighted by Gasteiger charge is 2.48. The van der Waals surface area contributed by atoms with Gasteiger partial charge in [0.15, 0.2) is 0 Å². The van der Waals surface area contributed by atoms with E-state index in [4.69, 9.17) is 4.74 Å². The second-order valence-electron chi connectivity index (χ2n) is 5.76. The van der Waals surface area contributed by atoms with Gasteiger partial charge in [-0.15, -0.1) is 11.8 Å². The van der Waals surface area contributed by atoms with Crippen molar-refractivity contribution in [2.45, 2.75) is 51.4 Å². The monoisotopic (exact) mass is 278 g/mol. The van der Waals surface area contributed by atoms with E-state index in [1.54, 1.807) is 13.0 Å². The molecule has 2 aliphatic rings. The van der Waals surface area contributed by atoms with Gasteiger partial charge in [0.1, 0.15) is 6.10 Å². The molecule has 1 unspecified atom stereocenters. The average Bonchev–Trinajstić information content (AvgIpc) is 2.88. The van der Waals surface area contributed by atoms with Crippen molar-refractivity contribution < 1.29 is 19.7 Å². The Morgan fingerprint density at radius 2 is 2.30 bits per heavy atom. The summed E-state index contributed by atoms with van der Waals surface area (Å²) in [4.78, 5) is 11.3. The fourth-order valence-electron chi connectivity index (χ4n) is 3.00. The van der Waals surface area contributed by atoms with E-state index < -0.39 is 12.2 Å². The molecule has 4 heteroatoms. The third-order valence-electron chi connectivity index (χ3n) is 4.29. The molecule has 20 heavy (non-hydrogen) atoms. The zero-order valence-corrected chi connectivity index (χ0v) is 12.0. The van der Waals surface area contributed by atoms with Crippen LogP contribution < -0.4 is 0 Å². The van der Waals surface area contributed by atoms with Gasteiger partial charge in [-0.2, -0.15) is 0 Å². The maximum Gasteiger partial charge on any atom is 0.306 e. The molecule has 1 heterocycles. The van der Waals surface area contributed by atoms with E-state index in [1.165, 1.54) is 0 Å². The quantitative estimate of drug-likeness (QED) is 0.461. The number of fused-ring (bicyclic) bond motifs is 1. The van der Waals surface area contributed by atoms with Gasteiger partial charge in [-0.25, -0.2) is 0 Å². The number of aliphatic hydroxyl groups excluding tert-OH is 2. The van der Waals surface area contributed by atoms with Gasteiger partial charge in [-0.3, -0.25) is 4.79 Å². The highest BCUT2D eigenvalue weighted by molar-refractivity contribution is 5.72. The third kappa shape index (κ3) is 3.23. The van der Waals surface area contributed by atoms with Gasteiger partial charge in [0.25, 0.3) is 0 Å². The van der Waals surface area contributed by atoms with Gasteiger partial charge in [-0.05, 0) is 12.8 Å². The number of carbonyl (C=O) groups excluding carboxylic acids is 1. The number of rotatable bonds is 4. The van der Waals surface area contributed by atoms with E-state index >= 15 is 0 Å². The van der Waals surface area contributed by atoms with Gasteiger partial charge in [0.05, 0.1) is 18.6 Å². The fourth-order valence-corrected chi connectivity index (χ4v) is 3.00. The van der Waals surface area contributed by atoms with E-state index in [-0.39, 0.29) is 29.8 Å². The molecule has 0 amide bonds. The maximum absolute atomic E-state index is 11.3. The van der Waals surface area contributed by atoms with Gasteiger partial charge < -0.3 is 14.9 Å². The number of hydrogen-bond donors (Lipinski definition) is 2. The van der Waals surface area contributed by atoms with Crippen LogP contribution in [0.4, 0.5) is 0 Å². The van der Waals surface area contributed by atoms with Crippen molar-refractivity contribution in [3.63, 3.8) is 0 Å². The first-order valence-electron chi connectivity index (χ1n) is 7.16. The molecule has 2 rings (SSSR count). The number of esters is 1. The standard InChI is InChI=1S/C16H22O4/c1-3-4-5-10(2)13(17)7-6-11-12-8-16(19)20-15(12)9-14(11)18/h6-7,10-15,17-18H,5,8-9H2,1-2H3/b7-6+/t10?,11-,12-,13-,14-,15+/m1/s1. The third-order valence-corrected chi connectivity index (χ3v) is 4.29. The van der Waals surface area contributed by atoms with Crippen LogP contribution in [-0.4, -0.2) is 34.5 Å². The second-order valence-corrected chi connectivity index (χ2v) is 5.76. The van der Waals surface area contributed by atoms with E-state index in [2.05, 4.69) is 11.8 Å². The largest absolute Gasteiger partial charge is 0.462 e. The summed E-state index contributed by atoms with van der Waals surface area (Å²) in [6.45, 7) is 3.72. The van der Waals surface area contributed by atoms with Crippen molar-refractivity contribution >= 4 is 5.97 Å². The van der Waals surface area contributed by atoms with Crippen molar-refractivity contribution in [2.75, 3.05) is 0 Å². The predicted molar refractivity (Wildman–Crippen MR) is 74.5 cm³/mol. The second kappa shape index (κ2) is 6.43. The first kappa shape index (κ1) is 15.1. The van der Waals surface area contributed by atoms with Crippen LogP contribution in [0.1, 0.15) is 33.1 Å². The van der Waals surface area contributed by atoms with Crippen molar-refractivity contribution in [1.29, 1.82) is 0 Å². The van der Waals surface area contributed by atoms with Gasteiger partial charge in [0, 0.05) is 24.7 Å². The molecular weight excluding hydrogens is 256 g/mol. The summed E-state index contributed by atoms with van der Waals surface area (Å²) < 4.78 is 5.18. The van der Waals surface area contributed by atoms with Gasteiger partial charge in [-0.1, -0.05) is 19.1 Å². The van der Waals surface area contributed by atoms with Crippen LogP contribution in [0.2, 0.25) is 0 Å². The Kier molecular flexibility index (Phi) is 4.85. The zero-order chi connectivity index (χ0) is 14.7. The van der Waals surface area contributed by atoms with Gasteiger partial charge in [0.2, 0.25) is 0 Å². The molecule has 2 fully saturated rings. The van der Waals surface area contributed by atoms with Crippen LogP contribution in [0.3, 0.4) is 0 Å². The Balaban J connectivity index is 1.95. The normalized spacial score (nSPS) is 35.3. The summed E-state index contributed by atoms with van der Waals surface area (Å²) in [6, 6.07) is 0. The van der Waals surface area contributed by atoms with E-state index in [9.17, 15) is 15.0 Å². The molecule has 4 nitrogen and oxygen atoms in total. The van der Waals surface area contributed by atoms with Crippen LogP contribution in [0, 0.1) is 29.6 Å². The fraction of sp³-hybridized carbons (Fsp3) is 0.688. The van der Waals surface area contributed by atoms with E-state index in [0.717, 1.165) is 0 Å². The molecule has 1 aliphatic heterocycles. The Labute approximate surface area is 119 Å². The highest BCUT2D eigenvalue weighted by Crippen LogP contribution is 2.42. The number of carbonyl (C=O) groups is 1. The molecule has 1 saturated carbocycles. The molecule has 2 N–H and O–H groups in total. The molecule has 6 atom stereocenters. The van der Waals surface area contributed by atoms with Crippen molar-refractivity contribution in [3.8, 4) is 11.8 Å². The topological polar surface area (TPSA) is 66.8 Å². The smallest absolute Gasteiger partial charge is 0.306 e. The lowest BCUT2D eigenvalue weighted by Gasteiger charge is -2.17. The summed E-state index contributed by atoms with van der Waals surface area (Å²) in [5, 5.41) is 20.1. The average molecular weight is 278 g/mol. The van der Waals surface area contributed by atoms with Crippen molar-refractivity contribution in [3.05, 3.63) is 12.2 Å². The van der Waals surface area contributed by atoms with Crippen LogP contribution >= 0.6 is 0 Å². The van der Waals surface area contributed by atoms with E-state index in [1.807, 2.05) is 13.0 Å². The molecule has 110 valence electrons. The minimum absolute atomic E-state index is 0.0479. The summed E-state index contributed by atoms with van der Waals surface area (Å²) >= 11 is 0. The van der Waals surface area contributed by atoms with Gasteiger partial charge >= 0.3 is 5.97 Å². The Morgan fingerprint density at radius 1 is 1.55 bits per heavy atom. The Hall–Kier alpha value is -1.31. The van der Waals surface area contributed by atoms with Crippen LogP contribution in [-0.2, 0) is 9.53 Å². The number of aliphatic hydroxyl groups is 2. The number of ether oxygens (including phenoxy) is 1. The molecule has 0 aromatic rings. The lowest BCUT2D eigenvalue weighted by atomic mass is 9.90. The summed E-state index contributed by atoms with van der Waals surface area (Å²) in [6.07, 6.45) is 3.84. The summed E-state index contributed by atoms with van der Waals surface area (Å²) in [5.74, 6) is 5.57. The molecule has 0 spiro atoms. The highest BCUT2D eigenvalue weighted by atomic mass is 16.6.